The molecule has 2 aliphatic rings. The van der Waals surface area contributed by atoms with E-state index in [-0.39, 0.29) is 36.9 Å². The van der Waals surface area contributed by atoms with Crippen molar-refractivity contribution in [3.63, 3.8) is 0 Å². The van der Waals surface area contributed by atoms with Crippen LogP contribution in [0.2, 0.25) is 0 Å². The Morgan fingerprint density at radius 3 is 1.52 bits per heavy atom. The smallest absolute Gasteiger partial charge is 0.416 e. The number of nitrogens with one attached hydrogen (secondary N) is 5. The van der Waals surface area contributed by atoms with E-state index in [0.717, 1.165) is 35.4 Å². The van der Waals surface area contributed by atoms with Gasteiger partial charge in [0.15, 0.2) is 0 Å². The first kappa shape index (κ1) is 45.2. The van der Waals surface area contributed by atoms with Crippen molar-refractivity contribution in [2.24, 2.45) is 0 Å². The molecule has 0 saturated carbocycles. The van der Waals surface area contributed by atoms with Crippen LogP contribution in [0.25, 0.3) is 11.1 Å². The number of fused-ring (bicyclic) bond motifs is 18. The summed E-state index contributed by atoms with van der Waals surface area (Å²) < 4.78 is 40.2. The summed E-state index contributed by atoms with van der Waals surface area (Å²) in [6, 6.07) is 29.1. The van der Waals surface area contributed by atoms with Gasteiger partial charge < -0.3 is 36.8 Å². The number of alkyl halides is 3. The quantitative estimate of drug-likeness (QED) is 0.112. The molecule has 0 spiro atoms. The number of carboxylic acids is 1. The summed E-state index contributed by atoms with van der Waals surface area (Å²) >= 11 is 0. The molecule has 0 fully saturated rings. The molecule has 5 aromatic rings. The Kier molecular flexibility index (Phi) is 14.7. The first-order valence-corrected chi connectivity index (χ1v) is 20.0. The molecule has 326 valence electrons. The summed E-state index contributed by atoms with van der Waals surface area (Å²) in [5, 5.41) is 33.6. The Balaban J connectivity index is 1.37. The van der Waals surface area contributed by atoms with Crippen molar-refractivity contribution >= 4 is 41.2 Å². The van der Waals surface area contributed by atoms with Gasteiger partial charge in [-0.25, -0.2) is 4.79 Å². The standard InChI is InChI=1S/C47H44F3N5O8/c48-47(49,50)34-19-13-30(14-20-34)24-36-42(58)53-38(25-29-11-17-33(18-12-29)32-9-5-2-6-10-32)43(59)54-37(23-28-7-3-1-4-8-28)44(60)55-39(46(62)63)26-31-15-21-35(22-16-31)51-45(61)40(56)27-41(57)52-36/h1-22,36-40,56H,23-27H2,(H,51,61)(H,52,57)(H,53,58)(H,54,59)(H,55,60)(H,62,63)/t36-,37-,38+,39+,40-/m1/s1. The molecule has 0 aliphatic carbocycles. The van der Waals surface area contributed by atoms with Gasteiger partial charge in [-0.15, -0.1) is 0 Å². The number of halogens is 3. The van der Waals surface area contributed by atoms with E-state index in [9.17, 15) is 52.2 Å². The maximum Gasteiger partial charge on any atom is 0.416 e. The highest BCUT2D eigenvalue weighted by Crippen LogP contribution is 2.29. The van der Waals surface area contributed by atoms with Gasteiger partial charge in [-0.3, -0.25) is 24.0 Å². The molecule has 0 unspecified atom stereocenters. The third kappa shape index (κ3) is 12.8. The minimum absolute atomic E-state index is 0.0828. The topological polar surface area (TPSA) is 203 Å². The molecule has 0 aromatic heterocycles. The second kappa shape index (κ2) is 20.5. The summed E-state index contributed by atoms with van der Waals surface area (Å²) in [5.41, 5.74) is 2.86. The van der Waals surface area contributed by atoms with Gasteiger partial charge in [-0.2, -0.15) is 13.2 Å². The third-order valence-electron chi connectivity index (χ3n) is 10.4. The number of aliphatic carboxylic acids is 1. The number of carbonyl (C=O) groups excluding carboxylic acids is 5. The zero-order chi connectivity index (χ0) is 45.1. The van der Waals surface area contributed by atoms with E-state index in [1.807, 2.05) is 42.5 Å². The van der Waals surface area contributed by atoms with Gasteiger partial charge >= 0.3 is 12.1 Å². The maximum atomic E-state index is 14.5. The number of hydrogen-bond acceptors (Lipinski definition) is 7. The fourth-order valence-electron chi connectivity index (χ4n) is 6.97. The van der Waals surface area contributed by atoms with Crippen LogP contribution in [0.5, 0.6) is 0 Å². The van der Waals surface area contributed by atoms with E-state index < -0.39 is 83.9 Å². The van der Waals surface area contributed by atoms with Gasteiger partial charge in [0.05, 0.1) is 12.0 Å². The van der Waals surface area contributed by atoms with Gasteiger partial charge in [0.1, 0.15) is 30.3 Å². The van der Waals surface area contributed by atoms with Crippen LogP contribution in [0.4, 0.5) is 18.9 Å². The number of carbonyl (C=O) groups is 6. The zero-order valence-corrected chi connectivity index (χ0v) is 33.6. The number of benzene rings is 5. The Labute approximate surface area is 360 Å². The largest absolute Gasteiger partial charge is 0.480 e. The van der Waals surface area contributed by atoms with Crippen LogP contribution < -0.4 is 26.6 Å². The number of anilines is 1. The van der Waals surface area contributed by atoms with Crippen LogP contribution in [-0.4, -0.2) is 76.0 Å². The van der Waals surface area contributed by atoms with E-state index in [2.05, 4.69) is 26.6 Å². The monoisotopic (exact) mass is 863 g/mol. The number of hydrogen-bond donors (Lipinski definition) is 7. The van der Waals surface area contributed by atoms with Crippen molar-refractivity contribution in [3.05, 3.63) is 161 Å². The van der Waals surface area contributed by atoms with Crippen molar-refractivity contribution in [2.45, 2.75) is 68.6 Å². The lowest BCUT2D eigenvalue weighted by molar-refractivity contribution is -0.142. The van der Waals surface area contributed by atoms with Gasteiger partial charge in [-0.1, -0.05) is 109 Å². The molecular weight excluding hydrogens is 820 g/mol. The van der Waals surface area contributed by atoms with Gasteiger partial charge in [0, 0.05) is 31.4 Å². The van der Waals surface area contributed by atoms with Gasteiger partial charge in [0.2, 0.25) is 23.6 Å². The summed E-state index contributed by atoms with van der Waals surface area (Å²) in [5.74, 6) is -5.97. The van der Waals surface area contributed by atoms with E-state index in [4.69, 9.17) is 0 Å². The average molecular weight is 864 g/mol. The van der Waals surface area contributed by atoms with E-state index >= 15 is 0 Å². The molecule has 7 N–H and O–H groups in total. The van der Waals surface area contributed by atoms with Gasteiger partial charge in [0.25, 0.3) is 5.91 Å². The highest BCUT2D eigenvalue weighted by Gasteiger charge is 2.34. The summed E-state index contributed by atoms with van der Waals surface area (Å²) in [7, 11) is 0. The van der Waals surface area contributed by atoms with Gasteiger partial charge in [-0.05, 0) is 57.6 Å². The average Bonchev–Trinajstić information content (AvgIpc) is 3.26. The second-order valence-electron chi connectivity index (χ2n) is 15.1. The molecule has 2 bridgehead atoms. The van der Waals surface area contributed by atoms with E-state index in [0.29, 0.717) is 16.7 Å². The van der Waals surface area contributed by atoms with E-state index in [1.165, 1.54) is 24.3 Å². The second-order valence-corrected chi connectivity index (χ2v) is 15.1. The fraction of sp³-hybridized carbons (Fsp3) is 0.234. The molecular formula is C47H44F3N5O8. The van der Waals surface area contributed by atoms with E-state index in [1.54, 1.807) is 42.5 Å². The molecule has 13 nitrogen and oxygen atoms in total. The lowest BCUT2D eigenvalue weighted by atomic mass is 9.98. The Hall–Kier alpha value is -7.33. The molecule has 16 heteroatoms. The number of carboxylic acid groups (broad SMARTS) is 1. The summed E-state index contributed by atoms with van der Waals surface area (Å²) in [6.07, 6.45) is -8.20. The molecule has 5 atom stereocenters. The molecule has 63 heavy (non-hydrogen) atoms. The predicted octanol–water partition coefficient (Wildman–Crippen LogP) is 4.37. The Bertz CT molecular complexity index is 2400. The van der Waals surface area contributed by atoms with Crippen LogP contribution in [0.1, 0.15) is 34.2 Å². The molecule has 7 rings (SSSR count). The van der Waals surface area contributed by atoms with Crippen LogP contribution >= 0.6 is 0 Å². The van der Waals surface area contributed by atoms with Crippen LogP contribution in [0, 0.1) is 0 Å². The predicted molar refractivity (Wildman–Crippen MR) is 226 cm³/mol. The van der Waals surface area contributed by atoms with Crippen molar-refractivity contribution < 1.29 is 52.2 Å². The SMILES string of the molecule is O=C1C[C@@H](O)C(=O)Nc2ccc(cc2)C[C@@H](C(=O)O)NC(=O)[C@@H](Cc2ccccc2)NC(=O)[C@H](Cc2ccc(-c3ccccc3)cc2)NC(=O)[C@@H](Cc2ccc(C(F)(F)F)cc2)N1. The minimum atomic E-state index is -4.65. The highest BCUT2D eigenvalue weighted by molar-refractivity contribution is 5.98. The number of aliphatic hydroxyl groups excluding tert-OH is 1. The number of aliphatic hydroxyl groups is 1. The van der Waals surface area contributed by atoms with Crippen molar-refractivity contribution in [3.8, 4) is 11.1 Å². The molecule has 2 aliphatic heterocycles. The lowest BCUT2D eigenvalue weighted by Gasteiger charge is -2.26. The minimum Gasteiger partial charge on any atom is -0.480 e. The van der Waals surface area contributed by atoms with Crippen LogP contribution in [0.3, 0.4) is 0 Å². The fourth-order valence-corrected chi connectivity index (χ4v) is 6.97. The summed E-state index contributed by atoms with van der Waals surface area (Å²) in [4.78, 5) is 81.6. The Morgan fingerprint density at radius 2 is 1.00 bits per heavy atom. The van der Waals surface area contributed by atoms with Crippen molar-refractivity contribution in [1.29, 1.82) is 0 Å². The van der Waals surface area contributed by atoms with Crippen LogP contribution in [-0.2, 0) is 60.6 Å². The molecule has 0 saturated heterocycles. The maximum absolute atomic E-state index is 14.5. The lowest BCUT2D eigenvalue weighted by Crippen LogP contribution is -2.59. The van der Waals surface area contributed by atoms with Crippen LogP contribution in [0.15, 0.2) is 133 Å². The van der Waals surface area contributed by atoms with Crippen molar-refractivity contribution in [2.75, 3.05) is 5.32 Å². The first-order chi connectivity index (χ1) is 30.1. The zero-order valence-electron chi connectivity index (χ0n) is 33.6. The molecule has 2 heterocycles. The van der Waals surface area contributed by atoms with Crippen molar-refractivity contribution in [1.82, 2.24) is 21.3 Å². The summed E-state index contributed by atoms with van der Waals surface area (Å²) in [6.45, 7) is 0. The molecule has 5 aromatic carbocycles. The highest BCUT2D eigenvalue weighted by atomic mass is 19.4. The molecule has 5 amide bonds. The number of amides is 5. The Morgan fingerprint density at radius 1 is 0.540 bits per heavy atom. The third-order valence-corrected chi connectivity index (χ3v) is 10.4. The molecule has 0 radical (unpaired) electrons. The number of rotatable bonds is 8. The first-order valence-electron chi connectivity index (χ1n) is 20.0. The normalized spacial score (nSPS) is 20.6.